The lowest BCUT2D eigenvalue weighted by molar-refractivity contribution is -0.156. The van der Waals surface area contributed by atoms with Gasteiger partial charge in [-0.25, -0.2) is 0 Å². The highest BCUT2D eigenvalue weighted by molar-refractivity contribution is 6.06. The van der Waals surface area contributed by atoms with Gasteiger partial charge in [-0.05, 0) is 100 Å². The fraction of sp³-hybridized carbons (Fsp3) is 0.438. The molecule has 0 radical (unpaired) electrons. The molecule has 8 nitrogen and oxygen atoms in total. The molecule has 0 atom stereocenters. The van der Waals surface area contributed by atoms with Gasteiger partial charge >= 0.3 is 5.97 Å². The van der Waals surface area contributed by atoms with Gasteiger partial charge in [0.05, 0.1) is 18.5 Å². The molecule has 1 aromatic heterocycles. The number of hydrogen-bond acceptors (Lipinski definition) is 5. The molecular weight excluding hydrogens is 506 g/mol. The fourth-order valence-corrected chi connectivity index (χ4v) is 5.58. The average Bonchev–Trinajstić information content (AvgIpc) is 3.54. The highest BCUT2D eigenvalue weighted by atomic mass is 16.6. The van der Waals surface area contributed by atoms with E-state index in [-0.39, 0.29) is 35.5 Å². The van der Waals surface area contributed by atoms with Crippen LogP contribution in [-0.2, 0) is 27.2 Å². The largest absolute Gasteiger partial charge is 0.460 e. The van der Waals surface area contributed by atoms with Gasteiger partial charge in [0.15, 0.2) is 0 Å². The normalized spacial score (nSPS) is 16.0. The molecular formula is C32H37N3O5. The first kappa shape index (κ1) is 27.6. The van der Waals surface area contributed by atoms with Crippen LogP contribution in [0, 0.1) is 5.41 Å². The van der Waals surface area contributed by atoms with Crippen LogP contribution < -0.4 is 5.32 Å². The van der Waals surface area contributed by atoms with E-state index in [2.05, 4.69) is 17.4 Å². The second kappa shape index (κ2) is 10.2. The topological polar surface area (TPSA) is 97.7 Å². The third-order valence-corrected chi connectivity index (χ3v) is 7.75. The minimum Gasteiger partial charge on any atom is -0.460 e. The Bertz CT molecular complexity index is 1510. The van der Waals surface area contributed by atoms with Crippen LogP contribution in [0.3, 0.4) is 0 Å². The van der Waals surface area contributed by atoms with Crippen LogP contribution in [-0.4, -0.2) is 58.8 Å². The van der Waals surface area contributed by atoms with E-state index in [0.29, 0.717) is 30.6 Å². The number of carbonyl (C=O) groups excluding carboxylic acids is 4. The van der Waals surface area contributed by atoms with E-state index in [4.69, 9.17) is 4.74 Å². The maximum Gasteiger partial charge on any atom is 0.306 e. The molecule has 0 unspecified atom stereocenters. The zero-order chi connectivity index (χ0) is 28.8. The highest BCUT2D eigenvalue weighted by Gasteiger charge is 2.45. The SMILES string of the molecule is CC(=O)CNC(=O)c1ccc2c(c1)c1c(n2-c2ccc(CC3(CC(=O)OC(C)(C)C)CC3)cc2)C(=O)N(C)CC1. The van der Waals surface area contributed by atoms with Crippen LogP contribution in [0.5, 0.6) is 0 Å². The summed E-state index contributed by atoms with van der Waals surface area (Å²) in [7, 11) is 1.80. The summed E-state index contributed by atoms with van der Waals surface area (Å²) < 4.78 is 7.54. The Hall–Kier alpha value is -3.94. The molecule has 2 aromatic carbocycles. The van der Waals surface area contributed by atoms with E-state index < -0.39 is 5.60 Å². The Balaban J connectivity index is 1.45. The van der Waals surface area contributed by atoms with Gasteiger partial charge in [-0.3, -0.25) is 19.2 Å². The van der Waals surface area contributed by atoms with Crippen LogP contribution in [0.15, 0.2) is 42.5 Å². The number of aromatic nitrogens is 1. The van der Waals surface area contributed by atoms with Gasteiger partial charge in [-0.1, -0.05) is 12.1 Å². The predicted octanol–water partition coefficient (Wildman–Crippen LogP) is 4.63. The van der Waals surface area contributed by atoms with E-state index >= 15 is 0 Å². The first-order chi connectivity index (χ1) is 18.9. The Morgan fingerprint density at radius 1 is 1.05 bits per heavy atom. The molecule has 1 aliphatic carbocycles. The van der Waals surface area contributed by atoms with Gasteiger partial charge in [0.25, 0.3) is 11.8 Å². The molecule has 5 rings (SSSR count). The number of fused-ring (bicyclic) bond motifs is 3. The molecule has 3 aromatic rings. The molecule has 1 aliphatic heterocycles. The third-order valence-electron chi connectivity index (χ3n) is 7.75. The van der Waals surface area contributed by atoms with E-state index in [1.807, 2.05) is 49.6 Å². The molecule has 2 heterocycles. The van der Waals surface area contributed by atoms with Gasteiger partial charge in [0.2, 0.25) is 0 Å². The number of hydrogen-bond donors (Lipinski definition) is 1. The molecule has 8 heteroatoms. The molecule has 1 saturated carbocycles. The molecule has 0 spiro atoms. The molecule has 1 N–H and O–H groups in total. The Kier molecular flexibility index (Phi) is 7.06. The molecule has 2 aliphatic rings. The minimum atomic E-state index is -0.488. The predicted molar refractivity (Wildman–Crippen MR) is 153 cm³/mol. The van der Waals surface area contributed by atoms with Crippen molar-refractivity contribution in [3.63, 3.8) is 0 Å². The zero-order valence-corrected chi connectivity index (χ0v) is 23.9. The number of ether oxygens (including phenoxy) is 1. The summed E-state index contributed by atoms with van der Waals surface area (Å²) >= 11 is 0. The number of nitrogens with one attached hydrogen (secondary N) is 1. The molecule has 0 saturated heterocycles. The monoisotopic (exact) mass is 543 g/mol. The van der Waals surface area contributed by atoms with Crippen LogP contribution in [0.2, 0.25) is 0 Å². The number of Topliss-reactive ketones (excluding diaryl/α,β-unsaturated/α-hetero) is 1. The molecule has 40 heavy (non-hydrogen) atoms. The first-order valence-corrected chi connectivity index (χ1v) is 13.9. The summed E-state index contributed by atoms with van der Waals surface area (Å²) in [4.78, 5) is 51.6. The second-order valence-corrected chi connectivity index (χ2v) is 12.4. The van der Waals surface area contributed by atoms with Crippen LogP contribution >= 0.6 is 0 Å². The van der Waals surface area contributed by atoms with Gasteiger partial charge in [-0.2, -0.15) is 0 Å². The number of likely N-dealkylation sites (N-methyl/N-ethyl adjacent to an activating group) is 1. The van der Waals surface area contributed by atoms with Crippen molar-refractivity contribution in [3.05, 3.63) is 64.8 Å². The van der Waals surface area contributed by atoms with Crippen molar-refractivity contribution in [2.75, 3.05) is 20.1 Å². The quantitative estimate of drug-likeness (QED) is 0.418. The lowest BCUT2D eigenvalue weighted by atomic mass is 9.93. The number of amides is 2. The van der Waals surface area contributed by atoms with Gasteiger partial charge < -0.3 is 19.5 Å². The van der Waals surface area contributed by atoms with E-state index in [9.17, 15) is 19.2 Å². The summed E-state index contributed by atoms with van der Waals surface area (Å²) in [5, 5.41) is 3.52. The number of rotatable bonds is 8. The molecule has 2 amide bonds. The molecule has 210 valence electrons. The minimum absolute atomic E-state index is 0.0231. The Labute approximate surface area is 234 Å². The Morgan fingerprint density at radius 3 is 2.38 bits per heavy atom. The lowest BCUT2D eigenvalue weighted by Gasteiger charge is -2.24. The smallest absolute Gasteiger partial charge is 0.306 e. The van der Waals surface area contributed by atoms with E-state index in [0.717, 1.165) is 47.0 Å². The fourth-order valence-electron chi connectivity index (χ4n) is 5.58. The standard InChI is InChI=1S/C32H37N3O5/c1-20(36)19-33-29(38)22-8-11-26-25(16-22)24-12-15-34(5)30(39)28(24)35(26)23-9-6-21(7-10-23)17-32(13-14-32)18-27(37)40-31(2,3)4/h6-11,16H,12-15,17-19H2,1-5H3,(H,33,38). The van der Waals surface area contributed by atoms with Crippen LogP contribution in [0.25, 0.3) is 16.6 Å². The van der Waals surface area contributed by atoms with Crippen LogP contribution in [0.4, 0.5) is 0 Å². The summed E-state index contributed by atoms with van der Waals surface area (Å²) in [5.41, 5.74) is 4.33. The summed E-state index contributed by atoms with van der Waals surface area (Å²) in [6, 6.07) is 13.6. The summed E-state index contributed by atoms with van der Waals surface area (Å²) in [5.74, 6) is -0.641. The maximum atomic E-state index is 13.4. The van der Waals surface area contributed by atoms with E-state index in [1.165, 1.54) is 6.92 Å². The second-order valence-electron chi connectivity index (χ2n) is 12.4. The van der Waals surface area contributed by atoms with Gasteiger partial charge in [-0.15, -0.1) is 0 Å². The number of benzene rings is 2. The van der Waals surface area contributed by atoms with Gasteiger partial charge in [0, 0.05) is 30.2 Å². The lowest BCUT2D eigenvalue weighted by Crippen LogP contribution is -2.35. The van der Waals surface area contributed by atoms with Crippen molar-refractivity contribution in [2.45, 2.75) is 65.4 Å². The van der Waals surface area contributed by atoms with Crippen LogP contribution in [0.1, 0.15) is 78.9 Å². The van der Waals surface area contributed by atoms with Crippen molar-refractivity contribution in [3.8, 4) is 5.69 Å². The summed E-state index contributed by atoms with van der Waals surface area (Å²) in [6.45, 7) is 7.67. The van der Waals surface area contributed by atoms with Crippen molar-refractivity contribution in [2.24, 2.45) is 5.41 Å². The van der Waals surface area contributed by atoms with Crippen molar-refractivity contribution >= 4 is 34.5 Å². The maximum absolute atomic E-state index is 13.4. The number of carbonyl (C=O) groups is 4. The molecule has 1 fully saturated rings. The molecule has 0 bridgehead atoms. The Morgan fingerprint density at radius 2 is 1.75 bits per heavy atom. The number of nitrogens with zero attached hydrogens (tertiary/aromatic N) is 2. The average molecular weight is 544 g/mol. The number of esters is 1. The van der Waals surface area contributed by atoms with Crippen molar-refractivity contribution in [1.29, 1.82) is 0 Å². The van der Waals surface area contributed by atoms with Crippen molar-refractivity contribution < 1.29 is 23.9 Å². The van der Waals surface area contributed by atoms with Gasteiger partial charge in [0.1, 0.15) is 17.1 Å². The first-order valence-electron chi connectivity index (χ1n) is 13.9. The zero-order valence-electron chi connectivity index (χ0n) is 23.9. The van der Waals surface area contributed by atoms with E-state index in [1.54, 1.807) is 18.0 Å². The third kappa shape index (κ3) is 5.67. The number of ketones is 1. The highest BCUT2D eigenvalue weighted by Crippen LogP contribution is 2.51. The van der Waals surface area contributed by atoms with Crippen molar-refractivity contribution in [1.82, 2.24) is 14.8 Å². The summed E-state index contributed by atoms with van der Waals surface area (Å²) in [6.07, 6.45) is 3.92.